The Morgan fingerprint density at radius 2 is 1.76 bits per heavy atom. The highest BCUT2D eigenvalue weighted by molar-refractivity contribution is 6.02. The first-order valence-electron chi connectivity index (χ1n) is 6.59. The van der Waals surface area contributed by atoms with Gasteiger partial charge < -0.3 is 19.0 Å². The van der Waals surface area contributed by atoms with Crippen molar-refractivity contribution in [3.05, 3.63) is 42.0 Å². The maximum Gasteiger partial charge on any atom is 0.288 e. The minimum absolute atomic E-state index is 0.0419. The molecular formula is C17H16O4. The van der Waals surface area contributed by atoms with Gasteiger partial charge >= 0.3 is 0 Å². The van der Waals surface area contributed by atoms with Gasteiger partial charge in [0.25, 0.3) is 5.95 Å². The molecule has 0 aliphatic carbocycles. The van der Waals surface area contributed by atoms with E-state index in [-0.39, 0.29) is 5.75 Å². The zero-order chi connectivity index (χ0) is 15.0. The first kappa shape index (κ1) is 13.4. The molecule has 0 saturated heterocycles. The van der Waals surface area contributed by atoms with Gasteiger partial charge in [0.05, 0.1) is 14.2 Å². The molecule has 1 aromatic heterocycles. The largest absolute Gasteiger partial charge is 0.504 e. The smallest absolute Gasteiger partial charge is 0.288 e. The van der Waals surface area contributed by atoms with Crippen molar-refractivity contribution in [2.24, 2.45) is 0 Å². The van der Waals surface area contributed by atoms with Crippen LogP contribution in [0.2, 0.25) is 0 Å². The van der Waals surface area contributed by atoms with Gasteiger partial charge in [0, 0.05) is 22.6 Å². The normalized spacial score (nSPS) is 10.8. The predicted octanol–water partition coefficient (Wildman–Crippen LogP) is 4.13. The summed E-state index contributed by atoms with van der Waals surface area (Å²) in [5.74, 6) is 0.912. The Balaban J connectivity index is 2.46. The number of aromatic hydroxyl groups is 1. The van der Waals surface area contributed by atoms with Gasteiger partial charge in [-0.2, -0.15) is 0 Å². The lowest BCUT2D eigenvalue weighted by Crippen LogP contribution is -1.90. The Bertz CT molecular complexity index is 788. The fourth-order valence-electron chi connectivity index (χ4n) is 2.64. The molecule has 0 aliphatic heterocycles. The third-order valence-corrected chi connectivity index (χ3v) is 3.56. The van der Waals surface area contributed by atoms with Gasteiger partial charge in [-0.25, -0.2) is 0 Å². The predicted molar refractivity (Wildman–Crippen MR) is 81.2 cm³/mol. The summed E-state index contributed by atoms with van der Waals surface area (Å²) in [6, 6.07) is 11.3. The van der Waals surface area contributed by atoms with E-state index in [1.807, 2.05) is 37.3 Å². The molecule has 0 bridgehead atoms. The van der Waals surface area contributed by atoms with Gasteiger partial charge in [-0.15, -0.1) is 0 Å². The summed E-state index contributed by atoms with van der Waals surface area (Å²) >= 11 is 0. The van der Waals surface area contributed by atoms with E-state index < -0.39 is 0 Å². The number of methoxy groups -OCH3 is 2. The van der Waals surface area contributed by atoms with Crippen LogP contribution in [0.1, 0.15) is 5.56 Å². The standard InChI is InChI=1S/C17H16O4/c1-10-14-13(21-17(10)20-3)9-12(18)16(19-2)15(14)11-7-5-4-6-8-11/h4-9,18H,1-3H3. The number of rotatable bonds is 3. The molecule has 2 aromatic carbocycles. The van der Waals surface area contributed by atoms with Crippen molar-refractivity contribution in [1.29, 1.82) is 0 Å². The molecule has 0 aliphatic rings. The van der Waals surface area contributed by atoms with E-state index >= 15 is 0 Å². The maximum atomic E-state index is 10.2. The summed E-state index contributed by atoms with van der Waals surface area (Å²) in [7, 11) is 3.10. The third-order valence-electron chi connectivity index (χ3n) is 3.56. The number of hydrogen-bond acceptors (Lipinski definition) is 4. The van der Waals surface area contributed by atoms with E-state index in [1.54, 1.807) is 20.3 Å². The molecule has 1 N–H and O–H groups in total. The topological polar surface area (TPSA) is 51.8 Å². The molecule has 0 unspecified atom stereocenters. The first-order chi connectivity index (χ1) is 10.2. The van der Waals surface area contributed by atoms with Crippen molar-refractivity contribution in [2.75, 3.05) is 14.2 Å². The summed E-state index contributed by atoms with van der Waals surface area (Å²) in [5, 5.41) is 11.1. The molecule has 108 valence electrons. The van der Waals surface area contributed by atoms with Crippen LogP contribution in [0.3, 0.4) is 0 Å². The fraction of sp³-hybridized carbons (Fsp3) is 0.176. The minimum atomic E-state index is 0.0419. The van der Waals surface area contributed by atoms with Crippen LogP contribution in [-0.4, -0.2) is 19.3 Å². The van der Waals surface area contributed by atoms with Crippen molar-refractivity contribution >= 4 is 11.0 Å². The minimum Gasteiger partial charge on any atom is -0.504 e. The van der Waals surface area contributed by atoms with Crippen LogP contribution in [0, 0.1) is 6.92 Å². The Morgan fingerprint density at radius 1 is 1.05 bits per heavy atom. The van der Waals surface area contributed by atoms with E-state index in [2.05, 4.69) is 0 Å². The average Bonchev–Trinajstić information content (AvgIpc) is 2.82. The number of aryl methyl sites for hydroxylation is 1. The van der Waals surface area contributed by atoms with E-state index in [0.29, 0.717) is 17.3 Å². The SMILES string of the molecule is COc1oc2cc(O)c(OC)c(-c3ccccc3)c2c1C. The van der Waals surface area contributed by atoms with Gasteiger partial charge in [-0.3, -0.25) is 0 Å². The van der Waals surface area contributed by atoms with Gasteiger partial charge in [-0.05, 0) is 12.5 Å². The van der Waals surface area contributed by atoms with Crippen molar-refractivity contribution in [1.82, 2.24) is 0 Å². The number of furan rings is 1. The maximum absolute atomic E-state index is 10.2. The average molecular weight is 284 g/mol. The summed E-state index contributed by atoms with van der Waals surface area (Å²) < 4.78 is 16.3. The molecule has 0 amide bonds. The summed E-state index contributed by atoms with van der Waals surface area (Å²) in [5.41, 5.74) is 3.20. The molecule has 0 spiro atoms. The van der Waals surface area contributed by atoms with Crippen LogP contribution in [0.4, 0.5) is 0 Å². The molecule has 0 fully saturated rings. The summed E-state index contributed by atoms with van der Waals surface area (Å²) in [4.78, 5) is 0. The molecule has 3 rings (SSSR count). The van der Waals surface area contributed by atoms with Crippen molar-refractivity contribution in [2.45, 2.75) is 6.92 Å². The second-order valence-corrected chi connectivity index (χ2v) is 4.76. The van der Waals surface area contributed by atoms with Crippen LogP contribution in [0.15, 0.2) is 40.8 Å². The Morgan fingerprint density at radius 3 is 2.38 bits per heavy atom. The molecule has 21 heavy (non-hydrogen) atoms. The van der Waals surface area contributed by atoms with Crippen LogP contribution < -0.4 is 9.47 Å². The van der Waals surface area contributed by atoms with Crippen LogP contribution in [0.5, 0.6) is 17.4 Å². The second kappa shape index (κ2) is 5.05. The lowest BCUT2D eigenvalue weighted by Gasteiger charge is -2.12. The lowest BCUT2D eigenvalue weighted by atomic mass is 9.98. The van der Waals surface area contributed by atoms with Crippen molar-refractivity contribution in [3.8, 4) is 28.6 Å². The molecule has 3 aromatic rings. The number of fused-ring (bicyclic) bond motifs is 1. The second-order valence-electron chi connectivity index (χ2n) is 4.76. The highest BCUT2D eigenvalue weighted by atomic mass is 16.6. The zero-order valence-electron chi connectivity index (χ0n) is 12.1. The van der Waals surface area contributed by atoms with E-state index in [4.69, 9.17) is 13.9 Å². The van der Waals surface area contributed by atoms with Crippen molar-refractivity contribution in [3.63, 3.8) is 0 Å². The summed E-state index contributed by atoms with van der Waals surface area (Å²) in [6.45, 7) is 1.92. The van der Waals surface area contributed by atoms with Gasteiger partial charge in [-0.1, -0.05) is 30.3 Å². The zero-order valence-corrected chi connectivity index (χ0v) is 12.1. The number of phenols is 1. The Hall–Kier alpha value is -2.62. The van der Waals surface area contributed by atoms with Crippen molar-refractivity contribution < 1.29 is 19.0 Å². The molecular weight excluding hydrogens is 268 g/mol. The quantitative estimate of drug-likeness (QED) is 0.785. The molecule has 0 saturated carbocycles. The number of phenolic OH excluding ortho intramolecular Hbond substituents is 1. The molecule has 1 heterocycles. The van der Waals surface area contributed by atoms with Gasteiger partial charge in [0.15, 0.2) is 11.5 Å². The number of benzene rings is 2. The number of ether oxygens (including phenoxy) is 2. The fourth-order valence-corrected chi connectivity index (χ4v) is 2.64. The highest BCUT2D eigenvalue weighted by Gasteiger charge is 2.22. The van der Waals surface area contributed by atoms with E-state index in [1.165, 1.54) is 0 Å². The van der Waals surface area contributed by atoms with Crippen LogP contribution in [0.25, 0.3) is 22.1 Å². The third kappa shape index (κ3) is 2.00. The Labute approximate surface area is 122 Å². The summed E-state index contributed by atoms with van der Waals surface area (Å²) in [6.07, 6.45) is 0. The lowest BCUT2D eigenvalue weighted by molar-refractivity contribution is 0.312. The van der Waals surface area contributed by atoms with Gasteiger partial charge in [0.1, 0.15) is 5.58 Å². The molecule has 0 atom stereocenters. The first-order valence-corrected chi connectivity index (χ1v) is 6.59. The van der Waals surface area contributed by atoms with Crippen LogP contribution in [-0.2, 0) is 0 Å². The van der Waals surface area contributed by atoms with E-state index in [0.717, 1.165) is 22.1 Å². The van der Waals surface area contributed by atoms with Gasteiger partial charge in [0.2, 0.25) is 0 Å². The molecule has 4 heteroatoms. The number of hydrogen-bond donors (Lipinski definition) is 1. The van der Waals surface area contributed by atoms with Crippen LogP contribution >= 0.6 is 0 Å². The molecule has 0 radical (unpaired) electrons. The molecule has 4 nitrogen and oxygen atoms in total. The Kier molecular flexibility index (Phi) is 3.22. The monoisotopic (exact) mass is 284 g/mol. The highest BCUT2D eigenvalue weighted by Crippen LogP contribution is 2.47. The van der Waals surface area contributed by atoms with E-state index in [9.17, 15) is 5.11 Å².